The van der Waals surface area contributed by atoms with E-state index >= 15 is 0 Å². The number of nitrogens with zero attached hydrogens (tertiary/aromatic N) is 4. The van der Waals surface area contributed by atoms with Crippen molar-refractivity contribution in [2.24, 2.45) is 0 Å². The molecule has 0 radical (unpaired) electrons. The average Bonchev–Trinajstić information content (AvgIpc) is 3.39. The lowest BCUT2D eigenvalue weighted by atomic mass is 9.92. The summed E-state index contributed by atoms with van der Waals surface area (Å²) >= 11 is 0. The Kier molecular flexibility index (Phi) is 5.55. The lowest BCUT2D eigenvalue weighted by molar-refractivity contribution is 0.101. The van der Waals surface area contributed by atoms with Gasteiger partial charge < -0.3 is 15.0 Å². The summed E-state index contributed by atoms with van der Waals surface area (Å²) in [6.45, 7) is 1.08. The molecule has 0 saturated heterocycles. The summed E-state index contributed by atoms with van der Waals surface area (Å²) < 4.78 is 6.70. The van der Waals surface area contributed by atoms with Crippen LogP contribution in [-0.4, -0.2) is 53.6 Å². The van der Waals surface area contributed by atoms with Crippen molar-refractivity contribution < 1.29 is 9.53 Å². The Balaban J connectivity index is 1.45. The number of hydrogen-bond acceptors (Lipinski definition) is 5. The van der Waals surface area contributed by atoms with E-state index in [0.717, 1.165) is 23.7 Å². The van der Waals surface area contributed by atoms with Crippen molar-refractivity contribution in [1.82, 2.24) is 19.9 Å². The van der Waals surface area contributed by atoms with Gasteiger partial charge in [-0.2, -0.15) is 0 Å². The van der Waals surface area contributed by atoms with Gasteiger partial charge in [0.1, 0.15) is 5.75 Å². The normalized spacial score (nSPS) is 14.5. The molecule has 7 nitrogen and oxygen atoms in total. The second kappa shape index (κ2) is 8.28. The molecule has 1 amide bonds. The summed E-state index contributed by atoms with van der Waals surface area (Å²) in [5.41, 5.74) is 3.53. The molecule has 7 heteroatoms. The molecule has 1 fully saturated rings. The Hall–Kier alpha value is -3.19. The second-order valence-corrected chi connectivity index (χ2v) is 8.09. The number of benzene rings is 2. The summed E-state index contributed by atoms with van der Waals surface area (Å²) in [5.74, 6) is 0.487. The molecule has 1 N–H and O–H groups in total. The van der Waals surface area contributed by atoms with E-state index < -0.39 is 0 Å². The maximum Gasteiger partial charge on any atom is 0.276 e. The molecule has 0 bridgehead atoms. The van der Waals surface area contributed by atoms with E-state index in [1.807, 2.05) is 36.4 Å². The molecule has 0 atom stereocenters. The molecule has 1 saturated carbocycles. The van der Waals surface area contributed by atoms with Gasteiger partial charge in [0.2, 0.25) is 0 Å². The van der Waals surface area contributed by atoms with Gasteiger partial charge in [-0.15, -0.1) is 5.10 Å². The number of ether oxygens (including phenoxy) is 1. The third-order valence-corrected chi connectivity index (χ3v) is 5.75. The summed E-state index contributed by atoms with van der Waals surface area (Å²) in [4.78, 5) is 15.1. The van der Waals surface area contributed by atoms with Crippen molar-refractivity contribution in [2.45, 2.75) is 24.7 Å². The average molecular weight is 406 g/mol. The topological polar surface area (TPSA) is 72.3 Å². The zero-order valence-electron chi connectivity index (χ0n) is 17.6. The highest BCUT2D eigenvalue weighted by Gasteiger charge is 2.43. The van der Waals surface area contributed by atoms with E-state index in [9.17, 15) is 4.79 Å². The monoisotopic (exact) mass is 405 g/mol. The van der Waals surface area contributed by atoms with Crippen LogP contribution < -0.4 is 10.1 Å². The van der Waals surface area contributed by atoms with Gasteiger partial charge in [0.15, 0.2) is 5.69 Å². The number of rotatable bonds is 8. The van der Waals surface area contributed by atoms with E-state index in [2.05, 4.69) is 46.8 Å². The maximum atomic E-state index is 12.8. The fraction of sp³-hybridized carbons (Fsp3) is 0.348. The van der Waals surface area contributed by atoms with Gasteiger partial charge in [-0.05, 0) is 87.3 Å². The lowest BCUT2D eigenvalue weighted by Crippen LogP contribution is -2.19. The van der Waals surface area contributed by atoms with Gasteiger partial charge in [0.25, 0.3) is 5.91 Å². The van der Waals surface area contributed by atoms with Crippen molar-refractivity contribution >= 4 is 11.6 Å². The minimum Gasteiger partial charge on any atom is -0.497 e. The molecule has 1 aromatic heterocycles. The first-order valence-corrected chi connectivity index (χ1v) is 10.1. The molecular formula is C23H27N5O2. The molecule has 30 heavy (non-hydrogen) atoms. The maximum absolute atomic E-state index is 12.8. The van der Waals surface area contributed by atoms with Crippen LogP contribution >= 0.6 is 0 Å². The first kappa shape index (κ1) is 20.1. The van der Waals surface area contributed by atoms with Crippen LogP contribution in [0.25, 0.3) is 5.69 Å². The summed E-state index contributed by atoms with van der Waals surface area (Å²) in [6, 6.07) is 15.5. The first-order chi connectivity index (χ1) is 14.5. The van der Waals surface area contributed by atoms with Gasteiger partial charge in [0.05, 0.1) is 19.0 Å². The fourth-order valence-corrected chi connectivity index (χ4v) is 3.68. The molecule has 3 aromatic rings. The third kappa shape index (κ3) is 4.21. The van der Waals surface area contributed by atoms with E-state index in [1.54, 1.807) is 7.11 Å². The smallest absolute Gasteiger partial charge is 0.276 e. The summed E-state index contributed by atoms with van der Waals surface area (Å²) in [7, 11) is 5.84. The molecule has 1 aliphatic rings. The second-order valence-electron chi connectivity index (χ2n) is 8.09. The Morgan fingerprint density at radius 3 is 2.43 bits per heavy atom. The Morgan fingerprint density at radius 1 is 1.13 bits per heavy atom. The molecule has 0 spiro atoms. The fourth-order valence-electron chi connectivity index (χ4n) is 3.68. The number of hydrogen-bond donors (Lipinski definition) is 1. The van der Waals surface area contributed by atoms with Crippen LogP contribution in [-0.2, 0) is 5.41 Å². The van der Waals surface area contributed by atoms with Gasteiger partial charge in [-0.25, -0.2) is 4.68 Å². The van der Waals surface area contributed by atoms with E-state index in [0.29, 0.717) is 11.1 Å². The van der Waals surface area contributed by atoms with Crippen molar-refractivity contribution in [3.05, 3.63) is 66.0 Å². The number of carbonyl (C=O) groups is 1. The Morgan fingerprint density at radius 2 is 1.83 bits per heavy atom. The number of anilines is 1. The molecule has 0 aliphatic heterocycles. The van der Waals surface area contributed by atoms with Gasteiger partial charge >= 0.3 is 0 Å². The first-order valence-electron chi connectivity index (χ1n) is 10.1. The molecular weight excluding hydrogens is 378 g/mol. The van der Waals surface area contributed by atoms with E-state index in [1.165, 1.54) is 35.7 Å². The van der Waals surface area contributed by atoms with Gasteiger partial charge in [0, 0.05) is 5.69 Å². The quantitative estimate of drug-likeness (QED) is 0.621. The zero-order chi connectivity index (χ0) is 21.1. The van der Waals surface area contributed by atoms with Crippen molar-refractivity contribution in [3.8, 4) is 11.4 Å². The predicted octanol–water partition coefficient (Wildman–Crippen LogP) is 3.51. The summed E-state index contributed by atoms with van der Waals surface area (Å²) in [5, 5.41) is 10.9. The van der Waals surface area contributed by atoms with Gasteiger partial charge in [-0.3, -0.25) is 4.79 Å². The van der Waals surface area contributed by atoms with Crippen LogP contribution in [0.3, 0.4) is 0 Å². The largest absolute Gasteiger partial charge is 0.497 e. The van der Waals surface area contributed by atoms with Crippen LogP contribution in [0, 0.1) is 0 Å². The summed E-state index contributed by atoms with van der Waals surface area (Å²) in [6.07, 6.45) is 5.10. The highest BCUT2D eigenvalue weighted by molar-refractivity contribution is 6.03. The van der Waals surface area contributed by atoms with Gasteiger partial charge in [-0.1, -0.05) is 17.3 Å². The molecule has 2 aromatic carbocycles. The van der Waals surface area contributed by atoms with Crippen LogP contribution in [0.5, 0.6) is 5.75 Å². The van der Waals surface area contributed by atoms with Crippen LogP contribution in [0.2, 0.25) is 0 Å². The molecule has 1 aliphatic carbocycles. The highest BCUT2D eigenvalue weighted by atomic mass is 16.5. The standard InChI is InChI=1S/C23H27N5O2/c1-27(2)15-14-23(12-13-23)17-4-6-18(7-5-17)25-22(29)21-16-24-26-28(21)19-8-10-20(30-3)11-9-19/h4-11,16H,12-15H2,1-3H3,(H,25,29). The molecule has 0 unspecified atom stereocenters. The number of aromatic nitrogens is 3. The molecule has 1 heterocycles. The Bertz CT molecular complexity index is 1000. The minimum atomic E-state index is -0.252. The number of nitrogens with one attached hydrogen (secondary N) is 1. The van der Waals surface area contributed by atoms with Crippen LogP contribution in [0.15, 0.2) is 54.7 Å². The lowest BCUT2D eigenvalue weighted by Gasteiger charge is -2.19. The van der Waals surface area contributed by atoms with Crippen molar-refractivity contribution in [3.63, 3.8) is 0 Å². The highest BCUT2D eigenvalue weighted by Crippen LogP contribution is 2.51. The third-order valence-electron chi connectivity index (χ3n) is 5.75. The number of carbonyl (C=O) groups excluding carboxylic acids is 1. The SMILES string of the molecule is COc1ccc(-n2nncc2C(=O)Nc2ccc(C3(CCN(C)C)CC3)cc2)cc1. The zero-order valence-corrected chi connectivity index (χ0v) is 17.6. The van der Waals surface area contributed by atoms with Crippen LogP contribution in [0.1, 0.15) is 35.3 Å². The van der Waals surface area contributed by atoms with Crippen molar-refractivity contribution in [1.29, 1.82) is 0 Å². The van der Waals surface area contributed by atoms with Crippen molar-refractivity contribution in [2.75, 3.05) is 33.1 Å². The van der Waals surface area contributed by atoms with E-state index in [-0.39, 0.29) is 5.91 Å². The molecule has 4 rings (SSSR count). The van der Waals surface area contributed by atoms with E-state index in [4.69, 9.17) is 4.74 Å². The van der Waals surface area contributed by atoms with Crippen LogP contribution in [0.4, 0.5) is 5.69 Å². The molecule has 156 valence electrons. The minimum absolute atomic E-state index is 0.252. The Labute approximate surface area is 176 Å². The number of amides is 1. The predicted molar refractivity (Wildman–Crippen MR) is 116 cm³/mol. The number of methoxy groups -OCH3 is 1.